The second-order valence-corrected chi connectivity index (χ2v) is 5.33. The van der Waals surface area contributed by atoms with Crippen molar-refractivity contribution in [2.45, 2.75) is 13.5 Å². The molecule has 0 N–H and O–H groups in total. The van der Waals surface area contributed by atoms with Crippen molar-refractivity contribution >= 4 is 5.97 Å². The van der Waals surface area contributed by atoms with Crippen LogP contribution in [0, 0.1) is 0 Å². The Kier molecular flexibility index (Phi) is 14.7. The van der Waals surface area contributed by atoms with E-state index in [4.69, 9.17) is 28.4 Å². The molecule has 7 nitrogen and oxygen atoms in total. The van der Waals surface area contributed by atoms with Crippen LogP contribution < -0.4 is 0 Å². The zero-order chi connectivity index (χ0) is 18.7. The van der Waals surface area contributed by atoms with Gasteiger partial charge >= 0.3 is 5.97 Å². The minimum Gasteiger partial charge on any atom is -0.463 e. The Morgan fingerprint density at radius 1 is 0.654 bits per heavy atom. The highest BCUT2D eigenvalue weighted by Gasteiger charge is 1.95. The Morgan fingerprint density at radius 2 is 1.08 bits per heavy atom. The quantitative estimate of drug-likeness (QED) is 0.306. The molecule has 0 aliphatic carbocycles. The first-order valence-electron chi connectivity index (χ1n) is 8.85. The molecule has 1 aromatic rings. The molecule has 0 aliphatic heterocycles. The molecular formula is C19H30O7. The van der Waals surface area contributed by atoms with Crippen molar-refractivity contribution in [3.8, 4) is 0 Å². The van der Waals surface area contributed by atoms with E-state index in [0.29, 0.717) is 66.1 Å². The lowest BCUT2D eigenvalue weighted by Crippen LogP contribution is -2.14. The van der Waals surface area contributed by atoms with Crippen LogP contribution in [0.15, 0.2) is 30.3 Å². The Morgan fingerprint density at radius 3 is 1.54 bits per heavy atom. The average molecular weight is 370 g/mol. The summed E-state index contributed by atoms with van der Waals surface area (Å²) >= 11 is 0. The standard InChI is InChI=1S/C19H30O7/c1-18(20)26-16-15-24-12-11-22-8-7-21-9-10-23-13-14-25-17-19-5-3-2-4-6-19/h2-6H,7-17H2,1H3. The minimum atomic E-state index is -0.300. The summed E-state index contributed by atoms with van der Waals surface area (Å²) < 4.78 is 31.6. The van der Waals surface area contributed by atoms with Gasteiger partial charge in [0.05, 0.1) is 66.1 Å². The Bertz CT molecular complexity index is 439. The number of carbonyl (C=O) groups is 1. The van der Waals surface area contributed by atoms with Crippen LogP contribution in [0.5, 0.6) is 0 Å². The van der Waals surface area contributed by atoms with E-state index in [1.165, 1.54) is 6.92 Å². The predicted octanol–water partition coefficient (Wildman–Crippen LogP) is 1.83. The Balaban J connectivity index is 1.70. The van der Waals surface area contributed by atoms with E-state index in [1.807, 2.05) is 30.3 Å². The highest BCUT2D eigenvalue weighted by atomic mass is 16.6. The van der Waals surface area contributed by atoms with Crippen LogP contribution in [-0.2, 0) is 39.8 Å². The van der Waals surface area contributed by atoms with Crippen molar-refractivity contribution < 1.29 is 33.2 Å². The van der Waals surface area contributed by atoms with E-state index in [2.05, 4.69) is 0 Å². The molecule has 0 aliphatic rings. The van der Waals surface area contributed by atoms with Crippen LogP contribution in [0.25, 0.3) is 0 Å². The van der Waals surface area contributed by atoms with Crippen molar-refractivity contribution in [3.63, 3.8) is 0 Å². The molecule has 26 heavy (non-hydrogen) atoms. The first kappa shape index (κ1) is 22.5. The van der Waals surface area contributed by atoms with Crippen LogP contribution in [0.3, 0.4) is 0 Å². The number of ether oxygens (including phenoxy) is 6. The first-order valence-corrected chi connectivity index (χ1v) is 8.85. The summed E-state index contributed by atoms with van der Waals surface area (Å²) in [5, 5.41) is 0. The van der Waals surface area contributed by atoms with E-state index < -0.39 is 0 Å². The first-order chi connectivity index (χ1) is 12.8. The van der Waals surface area contributed by atoms with Gasteiger partial charge in [-0.2, -0.15) is 0 Å². The third-order valence-corrected chi connectivity index (χ3v) is 3.13. The molecular weight excluding hydrogens is 340 g/mol. The summed E-state index contributed by atoms with van der Waals surface area (Å²) in [6.07, 6.45) is 0. The van der Waals surface area contributed by atoms with Gasteiger partial charge in [0.1, 0.15) is 6.61 Å². The summed E-state index contributed by atoms with van der Waals surface area (Å²) in [6.45, 7) is 6.78. The molecule has 0 saturated heterocycles. The monoisotopic (exact) mass is 370 g/mol. The molecule has 0 amide bonds. The summed E-state index contributed by atoms with van der Waals surface area (Å²) in [4.78, 5) is 10.5. The minimum absolute atomic E-state index is 0.274. The maximum absolute atomic E-state index is 10.5. The average Bonchev–Trinajstić information content (AvgIpc) is 2.65. The van der Waals surface area contributed by atoms with Gasteiger partial charge in [0, 0.05) is 6.92 Å². The lowest BCUT2D eigenvalue weighted by molar-refractivity contribution is -0.142. The highest BCUT2D eigenvalue weighted by molar-refractivity contribution is 5.65. The van der Waals surface area contributed by atoms with E-state index in [9.17, 15) is 4.79 Å². The third kappa shape index (κ3) is 14.8. The normalized spacial score (nSPS) is 10.8. The van der Waals surface area contributed by atoms with Gasteiger partial charge in [0.15, 0.2) is 0 Å². The smallest absolute Gasteiger partial charge is 0.302 e. The maximum Gasteiger partial charge on any atom is 0.302 e. The fourth-order valence-corrected chi connectivity index (χ4v) is 1.89. The molecule has 0 saturated carbocycles. The zero-order valence-corrected chi connectivity index (χ0v) is 15.5. The fourth-order valence-electron chi connectivity index (χ4n) is 1.89. The zero-order valence-electron chi connectivity index (χ0n) is 15.5. The van der Waals surface area contributed by atoms with Gasteiger partial charge < -0.3 is 28.4 Å². The van der Waals surface area contributed by atoms with Crippen LogP contribution >= 0.6 is 0 Å². The van der Waals surface area contributed by atoms with Crippen LogP contribution in [-0.4, -0.2) is 72.0 Å². The van der Waals surface area contributed by atoms with Gasteiger partial charge in [-0.05, 0) is 5.56 Å². The van der Waals surface area contributed by atoms with E-state index in [1.54, 1.807) is 0 Å². The molecule has 0 atom stereocenters. The second-order valence-electron chi connectivity index (χ2n) is 5.33. The van der Waals surface area contributed by atoms with Crippen molar-refractivity contribution in [3.05, 3.63) is 35.9 Å². The number of rotatable bonds is 17. The second kappa shape index (κ2) is 16.9. The summed E-state index contributed by atoms with van der Waals surface area (Å²) in [5.41, 5.74) is 1.16. The van der Waals surface area contributed by atoms with Gasteiger partial charge in [0.2, 0.25) is 0 Å². The number of hydrogen-bond acceptors (Lipinski definition) is 7. The molecule has 0 spiro atoms. The summed E-state index contributed by atoms with van der Waals surface area (Å²) in [7, 11) is 0. The SMILES string of the molecule is CC(=O)OCCOCCOCCOCCOCCOCc1ccccc1. The lowest BCUT2D eigenvalue weighted by Gasteiger charge is -2.08. The largest absolute Gasteiger partial charge is 0.463 e. The van der Waals surface area contributed by atoms with Gasteiger partial charge in [-0.1, -0.05) is 30.3 Å². The summed E-state index contributed by atoms with van der Waals surface area (Å²) in [5.74, 6) is -0.300. The predicted molar refractivity (Wildman–Crippen MR) is 96.0 cm³/mol. The maximum atomic E-state index is 10.5. The van der Waals surface area contributed by atoms with Crippen LogP contribution in [0.1, 0.15) is 12.5 Å². The van der Waals surface area contributed by atoms with E-state index >= 15 is 0 Å². The molecule has 1 aromatic carbocycles. The van der Waals surface area contributed by atoms with Gasteiger partial charge in [-0.3, -0.25) is 4.79 Å². The fraction of sp³-hybridized carbons (Fsp3) is 0.632. The van der Waals surface area contributed by atoms with Crippen molar-refractivity contribution in [2.24, 2.45) is 0 Å². The highest BCUT2D eigenvalue weighted by Crippen LogP contribution is 1.99. The van der Waals surface area contributed by atoms with Crippen LogP contribution in [0.4, 0.5) is 0 Å². The molecule has 0 radical (unpaired) electrons. The number of carbonyl (C=O) groups excluding carboxylic acids is 1. The lowest BCUT2D eigenvalue weighted by atomic mass is 10.2. The Labute approximate surface area is 155 Å². The number of benzene rings is 1. The molecule has 0 heterocycles. The van der Waals surface area contributed by atoms with Gasteiger partial charge in [-0.15, -0.1) is 0 Å². The molecule has 1 rings (SSSR count). The van der Waals surface area contributed by atoms with E-state index in [0.717, 1.165) is 5.56 Å². The van der Waals surface area contributed by atoms with Crippen molar-refractivity contribution in [1.29, 1.82) is 0 Å². The Hall–Kier alpha value is -1.51. The topological polar surface area (TPSA) is 72.5 Å². The van der Waals surface area contributed by atoms with Crippen molar-refractivity contribution in [1.82, 2.24) is 0 Å². The summed E-state index contributed by atoms with van der Waals surface area (Å²) in [6, 6.07) is 10.0. The van der Waals surface area contributed by atoms with Gasteiger partial charge in [0.25, 0.3) is 0 Å². The molecule has 0 unspecified atom stereocenters. The molecule has 7 heteroatoms. The number of esters is 1. The number of hydrogen-bond donors (Lipinski definition) is 0. The van der Waals surface area contributed by atoms with Crippen molar-refractivity contribution in [2.75, 3.05) is 66.1 Å². The van der Waals surface area contributed by atoms with Crippen LogP contribution in [0.2, 0.25) is 0 Å². The molecule has 0 bridgehead atoms. The van der Waals surface area contributed by atoms with E-state index in [-0.39, 0.29) is 12.6 Å². The third-order valence-electron chi connectivity index (χ3n) is 3.13. The molecule has 0 fully saturated rings. The molecule has 148 valence electrons. The molecule has 0 aromatic heterocycles. The van der Waals surface area contributed by atoms with Gasteiger partial charge in [-0.25, -0.2) is 0 Å².